The van der Waals surface area contributed by atoms with Crippen molar-refractivity contribution in [2.75, 3.05) is 18.4 Å². The SMILES string of the molecule is CC(C(=O)Nc1cc(F)ccc1C(=O)O)C1CNC1. The molecule has 0 saturated carbocycles. The zero-order valence-corrected chi connectivity index (χ0v) is 10.4. The summed E-state index contributed by atoms with van der Waals surface area (Å²) in [6.45, 7) is 3.31. The van der Waals surface area contributed by atoms with Gasteiger partial charge in [0.25, 0.3) is 0 Å². The van der Waals surface area contributed by atoms with Crippen LogP contribution in [-0.2, 0) is 4.79 Å². The summed E-state index contributed by atoms with van der Waals surface area (Å²) in [5.74, 6) is -2.08. The highest BCUT2D eigenvalue weighted by Crippen LogP contribution is 2.21. The number of rotatable bonds is 4. The van der Waals surface area contributed by atoms with E-state index in [-0.39, 0.29) is 29.0 Å². The lowest BCUT2D eigenvalue weighted by molar-refractivity contribution is -0.121. The molecule has 1 amide bonds. The normalized spacial score (nSPS) is 16.5. The number of carbonyl (C=O) groups excluding carboxylic acids is 1. The third-order valence-corrected chi connectivity index (χ3v) is 3.40. The molecular weight excluding hydrogens is 251 g/mol. The van der Waals surface area contributed by atoms with Crippen LogP contribution in [-0.4, -0.2) is 30.1 Å². The van der Waals surface area contributed by atoms with Crippen molar-refractivity contribution in [3.8, 4) is 0 Å². The standard InChI is InChI=1S/C13H15FN2O3/c1-7(8-5-15-6-8)12(17)16-11-4-9(14)2-3-10(11)13(18)19/h2-4,7-8,15H,5-6H2,1H3,(H,16,17)(H,18,19). The van der Waals surface area contributed by atoms with Crippen molar-refractivity contribution in [3.05, 3.63) is 29.6 Å². The minimum Gasteiger partial charge on any atom is -0.478 e. The topological polar surface area (TPSA) is 78.4 Å². The third-order valence-electron chi connectivity index (χ3n) is 3.40. The smallest absolute Gasteiger partial charge is 0.337 e. The van der Waals surface area contributed by atoms with Crippen LogP contribution in [0.5, 0.6) is 0 Å². The van der Waals surface area contributed by atoms with Crippen LogP contribution in [0, 0.1) is 17.7 Å². The Hall–Kier alpha value is -1.95. The van der Waals surface area contributed by atoms with E-state index in [1.807, 2.05) is 0 Å². The Bertz CT molecular complexity index is 515. The fourth-order valence-corrected chi connectivity index (χ4v) is 1.93. The molecule has 1 unspecified atom stereocenters. The van der Waals surface area contributed by atoms with Crippen LogP contribution < -0.4 is 10.6 Å². The van der Waals surface area contributed by atoms with E-state index in [0.29, 0.717) is 0 Å². The predicted octanol–water partition coefficient (Wildman–Crippen LogP) is 1.32. The molecule has 1 aliphatic rings. The number of hydrogen-bond donors (Lipinski definition) is 3. The van der Waals surface area contributed by atoms with Gasteiger partial charge in [0.1, 0.15) is 5.82 Å². The van der Waals surface area contributed by atoms with E-state index in [1.165, 1.54) is 0 Å². The Morgan fingerprint density at radius 3 is 2.68 bits per heavy atom. The number of halogens is 1. The van der Waals surface area contributed by atoms with Gasteiger partial charge >= 0.3 is 5.97 Å². The van der Waals surface area contributed by atoms with Crippen LogP contribution in [0.3, 0.4) is 0 Å². The third kappa shape index (κ3) is 2.90. The molecule has 19 heavy (non-hydrogen) atoms. The summed E-state index contributed by atoms with van der Waals surface area (Å²) < 4.78 is 13.1. The van der Waals surface area contributed by atoms with Crippen LogP contribution >= 0.6 is 0 Å². The van der Waals surface area contributed by atoms with Crippen LogP contribution in [0.1, 0.15) is 17.3 Å². The second-order valence-electron chi connectivity index (χ2n) is 4.69. The predicted molar refractivity (Wildman–Crippen MR) is 67.5 cm³/mol. The van der Waals surface area contributed by atoms with E-state index < -0.39 is 11.8 Å². The Kier molecular flexibility index (Phi) is 3.80. The van der Waals surface area contributed by atoms with Crippen molar-refractivity contribution in [1.82, 2.24) is 5.32 Å². The first-order valence-corrected chi connectivity index (χ1v) is 6.03. The Morgan fingerprint density at radius 1 is 1.47 bits per heavy atom. The summed E-state index contributed by atoms with van der Waals surface area (Å²) >= 11 is 0. The Balaban J connectivity index is 2.15. The van der Waals surface area contributed by atoms with Crippen LogP contribution in [0.15, 0.2) is 18.2 Å². The second-order valence-corrected chi connectivity index (χ2v) is 4.69. The monoisotopic (exact) mass is 266 g/mol. The van der Waals surface area contributed by atoms with Gasteiger partial charge < -0.3 is 15.7 Å². The summed E-state index contributed by atoms with van der Waals surface area (Å²) in [5, 5.41) is 14.6. The van der Waals surface area contributed by atoms with E-state index >= 15 is 0 Å². The molecule has 1 aromatic rings. The summed E-state index contributed by atoms with van der Waals surface area (Å²) in [6, 6.07) is 3.22. The Labute approximate surface area is 109 Å². The van der Waals surface area contributed by atoms with E-state index in [9.17, 15) is 14.0 Å². The van der Waals surface area contributed by atoms with E-state index in [4.69, 9.17) is 5.11 Å². The highest BCUT2D eigenvalue weighted by Gasteiger charge is 2.29. The van der Waals surface area contributed by atoms with Gasteiger partial charge in [-0.3, -0.25) is 4.79 Å². The minimum absolute atomic E-state index is 0.00312. The maximum atomic E-state index is 13.1. The second kappa shape index (κ2) is 5.36. The van der Waals surface area contributed by atoms with Crippen molar-refractivity contribution in [2.24, 2.45) is 11.8 Å². The minimum atomic E-state index is -1.20. The number of benzene rings is 1. The van der Waals surface area contributed by atoms with E-state index in [2.05, 4.69) is 10.6 Å². The lowest BCUT2D eigenvalue weighted by Gasteiger charge is -2.31. The van der Waals surface area contributed by atoms with E-state index in [0.717, 1.165) is 31.3 Å². The summed E-state index contributed by atoms with van der Waals surface area (Å²) in [7, 11) is 0. The molecule has 0 aliphatic carbocycles. The van der Waals surface area contributed by atoms with Crippen molar-refractivity contribution in [2.45, 2.75) is 6.92 Å². The maximum absolute atomic E-state index is 13.1. The molecule has 0 radical (unpaired) electrons. The molecule has 1 saturated heterocycles. The highest BCUT2D eigenvalue weighted by molar-refractivity contribution is 6.01. The first-order valence-electron chi connectivity index (χ1n) is 6.03. The van der Waals surface area contributed by atoms with Crippen molar-refractivity contribution in [3.63, 3.8) is 0 Å². The van der Waals surface area contributed by atoms with Crippen LogP contribution in [0.2, 0.25) is 0 Å². The summed E-state index contributed by atoms with van der Waals surface area (Å²) in [4.78, 5) is 23.0. The lowest BCUT2D eigenvalue weighted by Crippen LogP contribution is -2.48. The van der Waals surface area contributed by atoms with Gasteiger partial charge in [-0.25, -0.2) is 9.18 Å². The molecule has 1 fully saturated rings. The quantitative estimate of drug-likeness (QED) is 0.768. The van der Waals surface area contributed by atoms with E-state index in [1.54, 1.807) is 6.92 Å². The lowest BCUT2D eigenvalue weighted by atomic mass is 9.88. The maximum Gasteiger partial charge on any atom is 0.337 e. The number of nitrogens with one attached hydrogen (secondary N) is 2. The molecular formula is C13H15FN2O3. The molecule has 1 heterocycles. The number of carboxylic acids is 1. The molecule has 0 aromatic heterocycles. The fraction of sp³-hybridized carbons (Fsp3) is 0.385. The molecule has 102 valence electrons. The molecule has 5 nitrogen and oxygen atoms in total. The van der Waals surface area contributed by atoms with Gasteiger partial charge in [-0.15, -0.1) is 0 Å². The van der Waals surface area contributed by atoms with Crippen molar-refractivity contribution in [1.29, 1.82) is 0 Å². The Morgan fingerprint density at radius 2 is 2.16 bits per heavy atom. The van der Waals surface area contributed by atoms with Crippen molar-refractivity contribution >= 4 is 17.6 Å². The number of aromatic carboxylic acids is 1. The molecule has 1 atom stereocenters. The number of amides is 1. The molecule has 0 spiro atoms. The van der Waals surface area contributed by atoms with Gasteiger partial charge in [0.05, 0.1) is 11.3 Å². The molecule has 2 rings (SSSR count). The van der Waals surface area contributed by atoms with Gasteiger partial charge in [0, 0.05) is 5.92 Å². The average molecular weight is 266 g/mol. The van der Waals surface area contributed by atoms with Crippen LogP contribution in [0.25, 0.3) is 0 Å². The summed E-state index contributed by atoms with van der Waals surface area (Å²) in [5.41, 5.74) is -0.120. The summed E-state index contributed by atoms with van der Waals surface area (Å²) in [6.07, 6.45) is 0. The van der Waals surface area contributed by atoms with Gasteiger partial charge in [0.2, 0.25) is 5.91 Å². The molecule has 0 bridgehead atoms. The number of carboxylic acid groups (broad SMARTS) is 1. The number of hydrogen-bond acceptors (Lipinski definition) is 3. The van der Waals surface area contributed by atoms with Crippen molar-refractivity contribution < 1.29 is 19.1 Å². The molecule has 1 aliphatic heterocycles. The van der Waals surface area contributed by atoms with Gasteiger partial charge in [-0.1, -0.05) is 6.92 Å². The first-order chi connectivity index (χ1) is 8.99. The first kappa shape index (κ1) is 13.5. The van der Waals surface area contributed by atoms with Crippen LogP contribution in [0.4, 0.5) is 10.1 Å². The zero-order valence-electron chi connectivity index (χ0n) is 10.4. The van der Waals surface area contributed by atoms with Gasteiger partial charge in [0.15, 0.2) is 0 Å². The fourth-order valence-electron chi connectivity index (χ4n) is 1.93. The van der Waals surface area contributed by atoms with Gasteiger partial charge in [-0.05, 0) is 37.2 Å². The molecule has 3 N–H and O–H groups in total. The zero-order chi connectivity index (χ0) is 14.0. The largest absolute Gasteiger partial charge is 0.478 e. The molecule has 1 aromatic carbocycles. The molecule has 6 heteroatoms. The highest BCUT2D eigenvalue weighted by atomic mass is 19.1. The number of anilines is 1. The number of carbonyl (C=O) groups is 2. The average Bonchev–Trinajstić information content (AvgIpc) is 2.26. The van der Waals surface area contributed by atoms with Gasteiger partial charge in [-0.2, -0.15) is 0 Å².